The molecular weight excluding hydrogens is 429 g/mol. The van der Waals surface area contributed by atoms with Gasteiger partial charge in [-0.05, 0) is 42.7 Å². The minimum absolute atomic E-state index is 0. The minimum Gasteiger partial charge on any atom is -0.469 e. The van der Waals surface area contributed by atoms with Gasteiger partial charge in [-0.2, -0.15) is 0 Å². The van der Waals surface area contributed by atoms with Gasteiger partial charge in [0.2, 0.25) is 0 Å². The predicted octanol–water partition coefficient (Wildman–Crippen LogP) is 3.68. The number of nitrogens with one attached hydrogen (secondary N) is 2. The third kappa shape index (κ3) is 12.3. The van der Waals surface area contributed by atoms with Crippen LogP contribution in [0.15, 0.2) is 27.8 Å². The first-order valence-corrected chi connectivity index (χ1v) is 9.16. The Morgan fingerprint density at radius 2 is 1.96 bits per heavy atom. The van der Waals surface area contributed by atoms with Gasteiger partial charge < -0.3 is 20.2 Å². The Morgan fingerprint density at radius 1 is 1.20 bits per heavy atom. The van der Waals surface area contributed by atoms with Crippen LogP contribution in [0, 0.1) is 17.8 Å². The van der Waals surface area contributed by atoms with Crippen LogP contribution in [-0.2, 0) is 6.42 Å². The number of aliphatic hydroxyl groups excluding tert-OH is 1. The second-order valence-corrected chi connectivity index (χ2v) is 7.23. The molecule has 0 fully saturated rings. The first kappa shape index (κ1) is 24.2. The van der Waals surface area contributed by atoms with Gasteiger partial charge in [0.25, 0.3) is 0 Å². The van der Waals surface area contributed by atoms with Crippen molar-refractivity contribution in [2.75, 3.05) is 26.2 Å². The van der Waals surface area contributed by atoms with Crippen LogP contribution in [0.1, 0.15) is 46.3 Å². The third-order valence-electron chi connectivity index (χ3n) is 3.76. The lowest BCUT2D eigenvalue weighted by atomic mass is 9.94. The fourth-order valence-electron chi connectivity index (χ4n) is 2.60. The molecule has 0 saturated carbocycles. The van der Waals surface area contributed by atoms with Gasteiger partial charge in [-0.15, -0.1) is 24.0 Å². The summed E-state index contributed by atoms with van der Waals surface area (Å²) in [6.45, 7) is 11.4. The maximum Gasteiger partial charge on any atom is 0.191 e. The zero-order chi connectivity index (χ0) is 17.8. The van der Waals surface area contributed by atoms with Crippen LogP contribution in [0.25, 0.3) is 0 Å². The highest BCUT2D eigenvalue weighted by Crippen LogP contribution is 2.14. The number of guanidine groups is 1. The summed E-state index contributed by atoms with van der Waals surface area (Å²) in [4.78, 5) is 4.65. The number of hydrogen-bond donors (Lipinski definition) is 3. The summed E-state index contributed by atoms with van der Waals surface area (Å²) in [5, 5.41) is 16.1. The third-order valence-corrected chi connectivity index (χ3v) is 3.76. The molecule has 1 aromatic heterocycles. The van der Waals surface area contributed by atoms with E-state index in [0.29, 0.717) is 17.8 Å². The summed E-state index contributed by atoms with van der Waals surface area (Å²) in [5.74, 6) is 3.45. The average Bonchev–Trinajstić information content (AvgIpc) is 3.02. The largest absolute Gasteiger partial charge is 0.469 e. The normalized spacial score (nSPS) is 13.0. The average molecular weight is 465 g/mol. The van der Waals surface area contributed by atoms with Crippen LogP contribution in [0.4, 0.5) is 0 Å². The van der Waals surface area contributed by atoms with Gasteiger partial charge in [-0.3, -0.25) is 4.99 Å². The molecule has 6 heteroatoms. The van der Waals surface area contributed by atoms with Gasteiger partial charge in [0.15, 0.2) is 5.96 Å². The first-order valence-electron chi connectivity index (χ1n) is 9.16. The second kappa shape index (κ2) is 14.4. The Morgan fingerprint density at radius 3 is 2.52 bits per heavy atom. The highest BCUT2D eigenvalue weighted by Gasteiger charge is 2.11. The summed E-state index contributed by atoms with van der Waals surface area (Å²) in [5.41, 5.74) is 0. The Bertz CT molecular complexity index is 448. The molecule has 1 rings (SSSR count). The molecule has 3 N–H and O–H groups in total. The molecule has 0 aliphatic heterocycles. The van der Waals surface area contributed by atoms with Gasteiger partial charge in [0.1, 0.15) is 5.76 Å². The Labute approximate surface area is 170 Å². The van der Waals surface area contributed by atoms with Crippen molar-refractivity contribution in [3.63, 3.8) is 0 Å². The molecule has 1 heterocycles. The Balaban J connectivity index is 0.00000576. The second-order valence-electron chi connectivity index (χ2n) is 7.23. The molecule has 0 radical (unpaired) electrons. The molecule has 0 saturated heterocycles. The zero-order valence-electron chi connectivity index (χ0n) is 16.1. The molecule has 1 atom stereocenters. The first-order chi connectivity index (χ1) is 11.5. The summed E-state index contributed by atoms with van der Waals surface area (Å²) >= 11 is 0. The van der Waals surface area contributed by atoms with Crippen LogP contribution < -0.4 is 10.6 Å². The van der Waals surface area contributed by atoms with Crippen LogP contribution in [0.3, 0.4) is 0 Å². The summed E-state index contributed by atoms with van der Waals surface area (Å²) in [7, 11) is 0. The predicted molar refractivity (Wildman–Crippen MR) is 116 cm³/mol. The molecule has 1 unspecified atom stereocenters. The van der Waals surface area contributed by atoms with E-state index in [1.54, 1.807) is 6.26 Å². The lowest BCUT2D eigenvalue weighted by Crippen LogP contribution is -2.41. The molecule has 25 heavy (non-hydrogen) atoms. The number of hydrogen-bond acceptors (Lipinski definition) is 3. The molecule has 0 aromatic carbocycles. The maximum atomic E-state index is 9.25. The molecule has 5 nitrogen and oxygen atoms in total. The van der Waals surface area contributed by atoms with Crippen molar-refractivity contribution < 1.29 is 9.52 Å². The molecule has 0 bridgehead atoms. The maximum absolute atomic E-state index is 9.25. The van der Waals surface area contributed by atoms with Crippen molar-refractivity contribution in [1.29, 1.82) is 0 Å². The van der Waals surface area contributed by atoms with E-state index in [2.05, 4.69) is 43.3 Å². The highest BCUT2D eigenvalue weighted by atomic mass is 127. The molecular formula is C19H36IN3O2. The van der Waals surface area contributed by atoms with Crippen molar-refractivity contribution in [2.45, 2.75) is 47.0 Å². The van der Waals surface area contributed by atoms with Crippen LogP contribution in [0.5, 0.6) is 0 Å². The summed E-state index contributed by atoms with van der Waals surface area (Å²) in [6.07, 6.45) is 4.47. The van der Waals surface area contributed by atoms with Crippen molar-refractivity contribution in [3.8, 4) is 0 Å². The van der Waals surface area contributed by atoms with Crippen LogP contribution in [0.2, 0.25) is 0 Å². The van der Waals surface area contributed by atoms with Gasteiger partial charge in [-0.1, -0.05) is 27.7 Å². The molecule has 1 aromatic rings. The smallest absolute Gasteiger partial charge is 0.191 e. The van der Waals surface area contributed by atoms with Crippen LogP contribution >= 0.6 is 24.0 Å². The quantitative estimate of drug-likeness (QED) is 0.265. The number of nitrogens with zero attached hydrogens (tertiary/aromatic N) is 1. The van der Waals surface area contributed by atoms with E-state index in [1.165, 1.54) is 0 Å². The van der Waals surface area contributed by atoms with E-state index in [0.717, 1.165) is 50.6 Å². The van der Waals surface area contributed by atoms with Gasteiger partial charge in [0.05, 0.1) is 6.26 Å². The minimum atomic E-state index is 0. The van der Waals surface area contributed by atoms with E-state index < -0.39 is 0 Å². The van der Waals surface area contributed by atoms with E-state index in [4.69, 9.17) is 4.42 Å². The molecule has 0 spiro atoms. The topological polar surface area (TPSA) is 69.8 Å². The SMILES string of the molecule is CC(C)CN=C(NCCc1ccco1)NCC(CCO)CC(C)C.I. The number of furan rings is 1. The lowest BCUT2D eigenvalue weighted by molar-refractivity contribution is 0.243. The van der Waals surface area contributed by atoms with Crippen molar-refractivity contribution >= 4 is 29.9 Å². The van der Waals surface area contributed by atoms with E-state index >= 15 is 0 Å². The number of aliphatic imine (C=N–C) groups is 1. The van der Waals surface area contributed by atoms with Crippen molar-refractivity contribution in [3.05, 3.63) is 24.2 Å². The summed E-state index contributed by atoms with van der Waals surface area (Å²) < 4.78 is 5.36. The van der Waals surface area contributed by atoms with E-state index in [-0.39, 0.29) is 30.6 Å². The Kier molecular flexibility index (Phi) is 14.0. The monoisotopic (exact) mass is 465 g/mol. The molecule has 0 amide bonds. The lowest BCUT2D eigenvalue weighted by Gasteiger charge is -2.20. The van der Waals surface area contributed by atoms with E-state index in [9.17, 15) is 5.11 Å². The fourth-order valence-corrected chi connectivity index (χ4v) is 2.60. The van der Waals surface area contributed by atoms with E-state index in [1.807, 2.05) is 12.1 Å². The van der Waals surface area contributed by atoms with Crippen molar-refractivity contribution in [1.82, 2.24) is 10.6 Å². The molecule has 146 valence electrons. The molecule has 0 aliphatic rings. The number of halogens is 1. The zero-order valence-corrected chi connectivity index (χ0v) is 18.5. The highest BCUT2D eigenvalue weighted by molar-refractivity contribution is 14.0. The van der Waals surface area contributed by atoms with Gasteiger partial charge in [-0.25, -0.2) is 0 Å². The van der Waals surface area contributed by atoms with Gasteiger partial charge >= 0.3 is 0 Å². The number of rotatable bonds is 11. The fraction of sp³-hybridized carbons (Fsp3) is 0.737. The van der Waals surface area contributed by atoms with Gasteiger partial charge in [0, 0.05) is 32.7 Å². The van der Waals surface area contributed by atoms with Crippen LogP contribution in [-0.4, -0.2) is 37.3 Å². The standard InChI is InChI=1S/C19H35N3O2.HI/c1-15(2)12-17(8-10-23)14-22-19(21-13-16(3)4)20-9-7-18-6-5-11-24-18;/h5-6,11,15-17,23H,7-10,12-14H2,1-4H3,(H2,20,21,22);1H. The van der Waals surface area contributed by atoms with Crippen molar-refractivity contribution in [2.24, 2.45) is 22.7 Å². The summed E-state index contributed by atoms with van der Waals surface area (Å²) in [6, 6.07) is 3.90. The molecule has 0 aliphatic carbocycles. The number of aliphatic hydroxyl groups is 1. The Hall–Kier alpha value is -0.760.